The zero-order chi connectivity index (χ0) is 15.6. The molecule has 1 aliphatic carbocycles. The topological polar surface area (TPSA) is 35.5 Å². The largest absolute Gasteiger partial charge is 0.461 e. The van der Waals surface area contributed by atoms with Gasteiger partial charge in [0.2, 0.25) is 0 Å². The fourth-order valence-corrected chi connectivity index (χ4v) is 4.76. The van der Waals surface area contributed by atoms with Crippen molar-refractivity contribution >= 4 is 14.3 Å². The van der Waals surface area contributed by atoms with E-state index in [9.17, 15) is 4.79 Å². The highest BCUT2D eigenvalue weighted by Crippen LogP contribution is 2.42. The Morgan fingerprint density at radius 1 is 1.48 bits per heavy atom. The maximum absolute atomic E-state index is 11.9. The molecule has 3 nitrogen and oxygen atoms in total. The third-order valence-corrected chi connectivity index (χ3v) is 5.42. The van der Waals surface area contributed by atoms with Gasteiger partial charge in [-0.3, -0.25) is 4.79 Å². The van der Waals surface area contributed by atoms with Gasteiger partial charge in [0, 0.05) is 11.8 Å². The van der Waals surface area contributed by atoms with E-state index in [-0.39, 0.29) is 24.1 Å². The summed E-state index contributed by atoms with van der Waals surface area (Å²) in [6, 6.07) is 0. The molecule has 2 aliphatic rings. The van der Waals surface area contributed by atoms with Gasteiger partial charge in [-0.2, -0.15) is 0 Å². The molecule has 21 heavy (non-hydrogen) atoms. The second kappa shape index (κ2) is 6.49. The fourth-order valence-electron chi connectivity index (χ4n) is 3.58. The van der Waals surface area contributed by atoms with Crippen LogP contribution < -0.4 is 0 Å². The SMILES string of the molecule is C=CCC(O[Si](C)(C)C)C1CC(=O)OC1C1CCCC1=C. The van der Waals surface area contributed by atoms with Gasteiger partial charge in [0.05, 0.1) is 12.5 Å². The van der Waals surface area contributed by atoms with Crippen LogP contribution >= 0.6 is 0 Å². The molecule has 0 N–H and O–H groups in total. The van der Waals surface area contributed by atoms with Gasteiger partial charge in [-0.25, -0.2) is 0 Å². The van der Waals surface area contributed by atoms with E-state index in [1.54, 1.807) is 0 Å². The number of carbonyl (C=O) groups excluding carboxylic acids is 1. The summed E-state index contributed by atoms with van der Waals surface area (Å²) in [4.78, 5) is 11.9. The normalized spacial score (nSPS) is 31.3. The number of hydrogen-bond acceptors (Lipinski definition) is 3. The maximum Gasteiger partial charge on any atom is 0.306 e. The van der Waals surface area contributed by atoms with Crippen molar-refractivity contribution in [1.29, 1.82) is 0 Å². The summed E-state index contributed by atoms with van der Waals surface area (Å²) in [7, 11) is -1.67. The predicted octanol–water partition coefficient (Wildman–Crippen LogP) is 4.07. The molecule has 118 valence electrons. The molecule has 4 unspecified atom stereocenters. The van der Waals surface area contributed by atoms with E-state index in [1.807, 2.05) is 6.08 Å². The first-order valence-electron chi connectivity index (χ1n) is 7.97. The van der Waals surface area contributed by atoms with Crippen molar-refractivity contribution in [3.8, 4) is 0 Å². The third-order valence-electron chi connectivity index (χ3n) is 4.41. The zero-order valence-corrected chi connectivity index (χ0v) is 14.6. The third kappa shape index (κ3) is 4.07. The van der Waals surface area contributed by atoms with E-state index < -0.39 is 8.32 Å². The number of rotatable bonds is 6. The van der Waals surface area contributed by atoms with E-state index in [0.29, 0.717) is 12.3 Å². The zero-order valence-electron chi connectivity index (χ0n) is 13.6. The Hall–Kier alpha value is -0.873. The Labute approximate surface area is 129 Å². The second-order valence-corrected chi connectivity index (χ2v) is 11.7. The molecule has 4 atom stereocenters. The molecule has 0 aromatic carbocycles. The quantitative estimate of drug-likeness (QED) is 0.421. The molecule has 4 heteroatoms. The average Bonchev–Trinajstić information content (AvgIpc) is 2.93. The fraction of sp³-hybridized carbons (Fsp3) is 0.706. The first kappa shape index (κ1) is 16.5. The van der Waals surface area contributed by atoms with Gasteiger partial charge < -0.3 is 9.16 Å². The van der Waals surface area contributed by atoms with Gasteiger partial charge in [0.15, 0.2) is 8.32 Å². The van der Waals surface area contributed by atoms with Crippen LogP contribution in [0, 0.1) is 11.8 Å². The molecule has 0 bridgehead atoms. The van der Waals surface area contributed by atoms with Gasteiger partial charge in [-0.15, -0.1) is 6.58 Å². The highest BCUT2D eigenvalue weighted by molar-refractivity contribution is 6.69. The van der Waals surface area contributed by atoms with Crippen molar-refractivity contribution in [2.24, 2.45) is 11.8 Å². The standard InChI is InChI=1S/C17H28O3Si/c1-6-8-15(20-21(3,4)5)14-11-16(18)19-17(14)13-10-7-9-12(13)2/h6,13-15,17H,1-2,7-11H2,3-5H3. The van der Waals surface area contributed by atoms with Crippen molar-refractivity contribution in [3.63, 3.8) is 0 Å². The molecule has 0 spiro atoms. The van der Waals surface area contributed by atoms with E-state index in [1.165, 1.54) is 5.57 Å². The van der Waals surface area contributed by atoms with Crippen LogP contribution in [0.5, 0.6) is 0 Å². The van der Waals surface area contributed by atoms with Crippen LogP contribution in [0.2, 0.25) is 19.6 Å². The first-order chi connectivity index (χ1) is 9.81. The maximum atomic E-state index is 11.9. The van der Waals surface area contributed by atoms with Gasteiger partial charge in [-0.1, -0.05) is 18.2 Å². The predicted molar refractivity (Wildman–Crippen MR) is 87.5 cm³/mol. The Bertz CT molecular complexity index is 424. The van der Waals surface area contributed by atoms with Gasteiger partial charge in [0.1, 0.15) is 6.10 Å². The van der Waals surface area contributed by atoms with E-state index in [0.717, 1.165) is 25.7 Å². The van der Waals surface area contributed by atoms with E-state index in [4.69, 9.17) is 9.16 Å². The van der Waals surface area contributed by atoms with Crippen LogP contribution in [-0.2, 0) is 14.0 Å². The molecule has 1 heterocycles. The molecule has 0 radical (unpaired) electrons. The van der Waals surface area contributed by atoms with Crippen molar-refractivity contribution in [3.05, 3.63) is 24.8 Å². The summed E-state index contributed by atoms with van der Waals surface area (Å²) in [6.07, 6.45) is 6.44. The molecular weight excluding hydrogens is 280 g/mol. The van der Waals surface area contributed by atoms with Gasteiger partial charge in [-0.05, 0) is 45.3 Å². The number of hydrogen-bond donors (Lipinski definition) is 0. The smallest absolute Gasteiger partial charge is 0.306 e. The lowest BCUT2D eigenvalue weighted by Crippen LogP contribution is -2.41. The summed E-state index contributed by atoms with van der Waals surface area (Å²) in [5.41, 5.74) is 1.24. The van der Waals surface area contributed by atoms with Crippen LogP contribution in [-0.4, -0.2) is 26.5 Å². The highest BCUT2D eigenvalue weighted by atomic mass is 28.4. The summed E-state index contributed by atoms with van der Waals surface area (Å²) in [6.45, 7) is 14.6. The lowest BCUT2D eigenvalue weighted by atomic mass is 9.83. The van der Waals surface area contributed by atoms with Crippen LogP contribution in [0.25, 0.3) is 0 Å². The van der Waals surface area contributed by atoms with Crippen LogP contribution in [0.3, 0.4) is 0 Å². The Morgan fingerprint density at radius 3 is 2.71 bits per heavy atom. The van der Waals surface area contributed by atoms with Gasteiger partial charge >= 0.3 is 5.97 Å². The van der Waals surface area contributed by atoms with Crippen LogP contribution in [0.1, 0.15) is 32.1 Å². The highest BCUT2D eigenvalue weighted by Gasteiger charge is 2.46. The minimum Gasteiger partial charge on any atom is -0.461 e. The lowest BCUT2D eigenvalue weighted by Gasteiger charge is -2.34. The van der Waals surface area contributed by atoms with Crippen LogP contribution in [0.15, 0.2) is 24.8 Å². The average molecular weight is 308 g/mol. The van der Waals surface area contributed by atoms with E-state index in [2.05, 4.69) is 32.8 Å². The van der Waals surface area contributed by atoms with Crippen LogP contribution in [0.4, 0.5) is 0 Å². The first-order valence-corrected chi connectivity index (χ1v) is 11.4. The molecule has 1 saturated heterocycles. The Balaban J connectivity index is 2.17. The van der Waals surface area contributed by atoms with Crippen molar-refractivity contribution in [1.82, 2.24) is 0 Å². The van der Waals surface area contributed by atoms with Crippen molar-refractivity contribution in [2.45, 2.75) is 64.0 Å². The second-order valence-electron chi connectivity index (χ2n) is 7.27. The molecule has 2 rings (SSSR count). The molecular formula is C17H28O3Si. The number of esters is 1. The monoisotopic (exact) mass is 308 g/mol. The summed E-state index contributed by atoms with van der Waals surface area (Å²) < 4.78 is 12.0. The van der Waals surface area contributed by atoms with Gasteiger partial charge in [0.25, 0.3) is 0 Å². The molecule has 2 fully saturated rings. The molecule has 1 saturated carbocycles. The molecule has 1 aliphatic heterocycles. The lowest BCUT2D eigenvalue weighted by molar-refractivity contribution is -0.143. The Morgan fingerprint density at radius 2 is 2.19 bits per heavy atom. The van der Waals surface area contributed by atoms with Crippen molar-refractivity contribution in [2.75, 3.05) is 0 Å². The summed E-state index contributed by atoms with van der Waals surface area (Å²) in [5, 5.41) is 0. The minimum atomic E-state index is -1.67. The number of carbonyl (C=O) groups is 1. The molecule has 0 aromatic rings. The summed E-state index contributed by atoms with van der Waals surface area (Å²) >= 11 is 0. The minimum absolute atomic E-state index is 0.0408. The molecule has 0 aromatic heterocycles. The molecule has 0 amide bonds. The Kier molecular flexibility index (Phi) is 5.10. The number of ether oxygens (including phenoxy) is 1. The van der Waals surface area contributed by atoms with Crippen molar-refractivity contribution < 1.29 is 14.0 Å². The number of cyclic esters (lactones) is 1. The summed E-state index contributed by atoms with van der Waals surface area (Å²) in [5.74, 6) is 0.374. The van der Waals surface area contributed by atoms with E-state index >= 15 is 0 Å².